The number of alkyl halides is 1. The van der Waals surface area contributed by atoms with Gasteiger partial charge in [-0.25, -0.2) is 4.98 Å². The normalized spacial score (nSPS) is 13.4. The van der Waals surface area contributed by atoms with Crippen molar-refractivity contribution in [2.75, 3.05) is 32.1 Å². The molecule has 2 aromatic rings. The first-order valence-electron chi connectivity index (χ1n) is 6.50. The highest BCUT2D eigenvalue weighted by atomic mass is 35.5. The van der Waals surface area contributed by atoms with Crippen LogP contribution < -0.4 is 4.90 Å². The average Bonchev–Trinajstić information content (AvgIpc) is 2.89. The van der Waals surface area contributed by atoms with Crippen molar-refractivity contribution in [3.63, 3.8) is 0 Å². The second-order valence-electron chi connectivity index (χ2n) is 4.97. The molecule has 0 aliphatic rings. The van der Waals surface area contributed by atoms with E-state index in [0.29, 0.717) is 11.9 Å². The quantitative estimate of drug-likeness (QED) is 0.767. The number of fused-ring (bicyclic) bond motifs is 1. The van der Waals surface area contributed by atoms with Crippen molar-refractivity contribution in [3.8, 4) is 0 Å². The Kier molecular flexibility index (Phi) is 4.71. The van der Waals surface area contributed by atoms with Crippen molar-refractivity contribution in [2.45, 2.75) is 25.8 Å². The van der Waals surface area contributed by atoms with Crippen LogP contribution in [0.3, 0.4) is 0 Å². The van der Waals surface area contributed by atoms with Crippen LogP contribution in [0.1, 0.15) is 19.5 Å². The van der Waals surface area contributed by atoms with Gasteiger partial charge in [-0.2, -0.15) is 0 Å². The number of aromatic nitrogens is 2. The maximum Gasteiger partial charge on any atom is 0.195 e. The van der Waals surface area contributed by atoms with Gasteiger partial charge in [-0.1, -0.05) is 0 Å². The zero-order valence-electron chi connectivity index (χ0n) is 11.9. The van der Waals surface area contributed by atoms with Gasteiger partial charge in [0, 0.05) is 30.7 Å². The summed E-state index contributed by atoms with van der Waals surface area (Å²) in [5, 5.41) is 2.04. The zero-order chi connectivity index (χ0) is 14.0. The molecule has 0 bridgehead atoms. The second-order valence-corrected chi connectivity index (χ2v) is 6.11. The summed E-state index contributed by atoms with van der Waals surface area (Å²) < 4.78 is 2.10. The Morgan fingerprint density at radius 2 is 2.21 bits per heavy atom. The Bertz CT molecular complexity index is 534. The van der Waals surface area contributed by atoms with Crippen LogP contribution >= 0.6 is 22.9 Å². The van der Waals surface area contributed by atoms with Gasteiger partial charge in [-0.15, -0.1) is 22.9 Å². The minimum absolute atomic E-state index is 0.409. The monoisotopic (exact) mass is 300 g/mol. The molecule has 0 radical (unpaired) electrons. The molecule has 0 aliphatic carbocycles. The van der Waals surface area contributed by atoms with Crippen molar-refractivity contribution in [3.05, 3.63) is 17.3 Å². The van der Waals surface area contributed by atoms with Gasteiger partial charge in [0.2, 0.25) is 0 Å². The van der Waals surface area contributed by atoms with Crippen LogP contribution in [0.4, 0.5) is 5.82 Å². The molecule has 4 nitrogen and oxygen atoms in total. The smallest absolute Gasteiger partial charge is 0.195 e. The predicted octanol–water partition coefficient (Wildman–Crippen LogP) is 2.91. The highest BCUT2D eigenvalue weighted by Crippen LogP contribution is 2.27. The van der Waals surface area contributed by atoms with Gasteiger partial charge in [-0.05, 0) is 27.9 Å². The molecule has 1 unspecified atom stereocenters. The van der Waals surface area contributed by atoms with Crippen molar-refractivity contribution < 1.29 is 0 Å². The summed E-state index contributed by atoms with van der Waals surface area (Å²) in [6.07, 6.45) is 2.04. The van der Waals surface area contributed by atoms with Crippen molar-refractivity contribution in [1.82, 2.24) is 14.3 Å². The first-order chi connectivity index (χ1) is 9.08. The Balaban J connectivity index is 2.36. The molecular formula is C13H21ClN4S. The fraction of sp³-hybridized carbons (Fsp3) is 0.615. The maximum absolute atomic E-state index is 6.13. The average molecular weight is 301 g/mol. The van der Waals surface area contributed by atoms with E-state index in [0.717, 1.165) is 29.6 Å². The second kappa shape index (κ2) is 6.11. The molecule has 6 heteroatoms. The van der Waals surface area contributed by atoms with Crippen LogP contribution in [0.2, 0.25) is 0 Å². The maximum atomic E-state index is 6.13. The number of rotatable bonds is 6. The van der Waals surface area contributed by atoms with Gasteiger partial charge in [0.15, 0.2) is 10.8 Å². The third kappa shape index (κ3) is 2.88. The molecular weight excluding hydrogens is 280 g/mol. The summed E-state index contributed by atoms with van der Waals surface area (Å²) in [5.41, 5.74) is 1.09. The SMILES string of the molecule is CCN(c1nc2sccn2c1CCl)C(C)CN(C)C. The van der Waals surface area contributed by atoms with Gasteiger partial charge < -0.3 is 9.80 Å². The van der Waals surface area contributed by atoms with Crippen LogP contribution in [0, 0.1) is 0 Å². The number of hydrogen-bond donors (Lipinski definition) is 0. The number of hydrogen-bond acceptors (Lipinski definition) is 4. The van der Waals surface area contributed by atoms with Gasteiger partial charge in [-0.3, -0.25) is 4.40 Å². The van der Waals surface area contributed by atoms with Gasteiger partial charge in [0.1, 0.15) is 0 Å². The molecule has 0 fully saturated rings. The van der Waals surface area contributed by atoms with Crippen LogP contribution in [0.5, 0.6) is 0 Å². The molecule has 19 heavy (non-hydrogen) atoms. The van der Waals surface area contributed by atoms with E-state index in [2.05, 4.69) is 42.1 Å². The van der Waals surface area contributed by atoms with Crippen LogP contribution in [0.25, 0.3) is 4.96 Å². The molecule has 0 N–H and O–H groups in total. The fourth-order valence-electron chi connectivity index (χ4n) is 2.47. The molecule has 0 spiro atoms. The third-order valence-corrected chi connectivity index (χ3v) is 4.25. The van der Waals surface area contributed by atoms with Crippen molar-refractivity contribution >= 4 is 33.7 Å². The summed E-state index contributed by atoms with van der Waals surface area (Å²) in [7, 11) is 4.19. The largest absolute Gasteiger partial charge is 0.351 e. The lowest BCUT2D eigenvalue weighted by Crippen LogP contribution is -2.40. The van der Waals surface area contributed by atoms with E-state index >= 15 is 0 Å². The number of nitrogens with zero attached hydrogens (tertiary/aromatic N) is 4. The molecule has 0 saturated heterocycles. The van der Waals surface area contributed by atoms with E-state index in [1.54, 1.807) is 11.3 Å². The Labute approximate surface area is 123 Å². The first-order valence-corrected chi connectivity index (χ1v) is 7.91. The molecule has 1 atom stereocenters. The van der Waals surface area contributed by atoms with E-state index < -0.39 is 0 Å². The van der Waals surface area contributed by atoms with E-state index in [9.17, 15) is 0 Å². The number of imidazole rings is 1. The molecule has 106 valence electrons. The molecule has 0 amide bonds. The highest BCUT2D eigenvalue weighted by Gasteiger charge is 2.21. The molecule has 0 saturated carbocycles. The van der Waals surface area contributed by atoms with Gasteiger partial charge in [0.05, 0.1) is 11.6 Å². The molecule has 2 aromatic heterocycles. The highest BCUT2D eigenvalue weighted by molar-refractivity contribution is 7.15. The number of thiazole rings is 1. The van der Waals surface area contributed by atoms with Crippen LogP contribution in [-0.2, 0) is 5.88 Å². The zero-order valence-corrected chi connectivity index (χ0v) is 13.5. The molecule has 0 aliphatic heterocycles. The predicted molar refractivity (Wildman–Crippen MR) is 83.7 cm³/mol. The summed E-state index contributed by atoms with van der Waals surface area (Å²) in [6, 6.07) is 0.409. The van der Waals surface area contributed by atoms with Gasteiger partial charge in [0.25, 0.3) is 0 Å². The minimum atomic E-state index is 0.409. The summed E-state index contributed by atoms with van der Waals surface area (Å²) in [5.74, 6) is 1.51. The third-order valence-electron chi connectivity index (χ3n) is 3.24. The van der Waals surface area contributed by atoms with Crippen molar-refractivity contribution in [2.24, 2.45) is 0 Å². The Morgan fingerprint density at radius 3 is 2.79 bits per heavy atom. The Morgan fingerprint density at radius 1 is 1.47 bits per heavy atom. The van der Waals surface area contributed by atoms with E-state index in [4.69, 9.17) is 16.6 Å². The first kappa shape index (κ1) is 14.6. The van der Waals surface area contributed by atoms with Crippen molar-refractivity contribution in [1.29, 1.82) is 0 Å². The lowest BCUT2D eigenvalue weighted by molar-refractivity contribution is 0.372. The Hall–Kier alpha value is -0.780. The number of likely N-dealkylation sites (N-methyl/N-ethyl adjacent to an activating group) is 2. The van der Waals surface area contributed by atoms with Crippen LogP contribution in [-0.4, -0.2) is 47.5 Å². The lowest BCUT2D eigenvalue weighted by Gasteiger charge is -2.30. The van der Waals surface area contributed by atoms with Crippen LogP contribution in [0.15, 0.2) is 11.6 Å². The summed E-state index contributed by atoms with van der Waals surface area (Å²) >= 11 is 7.77. The fourth-order valence-corrected chi connectivity index (χ4v) is 3.45. The lowest BCUT2D eigenvalue weighted by atomic mass is 10.2. The number of anilines is 1. The van der Waals surface area contributed by atoms with E-state index in [1.165, 1.54) is 0 Å². The summed E-state index contributed by atoms with van der Waals surface area (Å²) in [4.78, 5) is 10.3. The molecule has 2 heterocycles. The molecule has 2 rings (SSSR count). The van der Waals surface area contributed by atoms with E-state index in [1.807, 2.05) is 11.6 Å². The minimum Gasteiger partial charge on any atom is -0.351 e. The summed E-state index contributed by atoms with van der Waals surface area (Å²) in [6.45, 7) is 6.33. The number of halogens is 1. The van der Waals surface area contributed by atoms with E-state index in [-0.39, 0.29) is 0 Å². The standard InChI is InChI=1S/C13H21ClN4S/c1-5-17(10(2)9-16(3)4)12-11(8-14)18-6-7-19-13(18)15-12/h6-7,10H,5,8-9H2,1-4H3. The molecule has 0 aromatic carbocycles. The van der Waals surface area contributed by atoms with Gasteiger partial charge >= 0.3 is 0 Å². The topological polar surface area (TPSA) is 23.8 Å².